The van der Waals surface area contributed by atoms with E-state index in [0.29, 0.717) is 12.2 Å². The molecule has 5 nitrogen and oxygen atoms in total. The molecule has 0 aliphatic heterocycles. The first-order chi connectivity index (χ1) is 6.07. The van der Waals surface area contributed by atoms with Crippen LogP contribution in [-0.2, 0) is 6.54 Å². The van der Waals surface area contributed by atoms with E-state index in [0.717, 1.165) is 6.42 Å². The van der Waals surface area contributed by atoms with Crippen molar-refractivity contribution in [3.05, 3.63) is 11.3 Å². The fourth-order valence-corrected chi connectivity index (χ4v) is 1.25. The first-order valence-corrected chi connectivity index (χ1v) is 4.14. The quantitative estimate of drug-likeness (QED) is 0.728. The normalized spacial score (nSPS) is 10.3. The Labute approximate surface area is 76.2 Å². The Morgan fingerprint density at radius 1 is 1.69 bits per heavy atom. The maximum absolute atomic E-state index is 10.7. The summed E-state index contributed by atoms with van der Waals surface area (Å²) in [6.07, 6.45) is 0.879. The predicted molar refractivity (Wildman–Crippen MR) is 48.6 cm³/mol. The van der Waals surface area contributed by atoms with E-state index in [-0.39, 0.29) is 11.4 Å². The molecule has 3 N–H and O–H groups in total. The Bertz CT molecular complexity index is 330. The topological polar surface area (TPSA) is 81.1 Å². The van der Waals surface area contributed by atoms with E-state index in [1.54, 1.807) is 6.92 Å². The van der Waals surface area contributed by atoms with E-state index >= 15 is 0 Å². The number of aryl methyl sites for hydroxylation is 2. The lowest BCUT2D eigenvalue weighted by atomic mass is 10.2. The van der Waals surface area contributed by atoms with Gasteiger partial charge in [0.15, 0.2) is 0 Å². The van der Waals surface area contributed by atoms with Crippen molar-refractivity contribution in [1.82, 2.24) is 9.78 Å². The second-order valence-corrected chi connectivity index (χ2v) is 2.87. The highest BCUT2D eigenvalue weighted by molar-refractivity contribution is 5.93. The van der Waals surface area contributed by atoms with Crippen LogP contribution < -0.4 is 5.73 Å². The summed E-state index contributed by atoms with van der Waals surface area (Å²) in [4.78, 5) is 10.7. The summed E-state index contributed by atoms with van der Waals surface area (Å²) in [6, 6.07) is 0. The minimum atomic E-state index is -1.02. The molecule has 0 aliphatic rings. The molecule has 0 saturated carbocycles. The lowest BCUT2D eigenvalue weighted by molar-refractivity contribution is 0.0697. The molecule has 1 aromatic rings. The van der Waals surface area contributed by atoms with Crippen molar-refractivity contribution in [2.24, 2.45) is 0 Å². The Kier molecular flexibility index (Phi) is 2.55. The molecular formula is C8H13N3O2. The highest BCUT2D eigenvalue weighted by atomic mass is 16.4. The van der Waals surface area contributed by atoms with Gasteiger partial charge in [-0.15, -0.1) is 0 Å². The summed E-state index contributed by atoms with van der Waals surface area (Å²) in [7, 11) is 0. The number of nitrogens with two attached hydrogens (primary N) is 1. The van der Waals surface area contributed by atoms with E-state index in [1.807, 2.05) is 6.92 Å². The molecule has 0 fully saturated rings. The monoisotopic (exact) mass is 183 g/mol. The smallest absolute Gasteiger partial charge is 0.341 e. The van der Waals surface area contributed by atoms with E-state index < -0.39 is 5.97 Å². The summed E-state index contributed by atoms with van der Waals surface area (Å²) in [5, 5.41) is 12.8. The number of aromatic carboxylic acids is 1. The molecule has 0 atom stereocenters. The second-order valence-electron chi connectivity index (χ2n) is 2.87. The average molecular weight is 183 g/mol. The molecule has 0 aliphatic carbocycles. The molecule has 0 radical (unpaired) electrons. The van der Waals surface area contributed by atoms with Crippen molar-refractivity contribution in [2.45, 2.75) is 26.8 Å². The first kappa shape index (κ1) is 9.57. The third kappa shape index (κ3) is 1.63. The predicted octanol–water partition coefficient (Wildman–Crippen LogP) is 0.882. The lowest BCUT2D eigenvalue weighted by Crippen LogP contribution is -2.07. The van der Waals surface area contributed by atoms with Crippen LogP contribution in [0.2, 0.25) is 0 Å². The molecule has 1 rings (SSSR count). The number of aromatic nitrogens is 2. The molecule has 13 heavy (non-hydrogen) atoms. The van der Waals surface area contributed by atoms with Crippen LogP contribution in [0.5, 0.6) is 0 Å². The zero-order valence-corrected chi connectivity index (χ0v) is 7.74. The minimum absolute atomic E-state index is 0.119. The number of nitrogen functional groups attached to an aromatic ring is 1. The minimum Gasteiger partial charge on any atom is -0.477 e. The fourth-order valence-electron chi connectivity index (χ4n) is 1.25. The Balaban J connectivity index is 3.14. The second kappa shape index (κ2) is 3.47. The van der Waals surface area contributed by atoms with Gasteiger partial charge in [0.25, 0.3) is 0 Å². The maximum Gasteiger partial charge on any atom is 0.341 e. The van der Waals surface area contributed by atoms with Crippen molar-refractivity contribution < 1.29 is 9.90 Å². The Morgan fingerprint density at radius 3 is 2.69 bits per heavy atom. The number of rotatable bonds is 3. The number of carboxylic acid groups (broad SMARTS) is 1. The molecule has 0 unspecified atom stereocenters. The van der Waals surface area contributed by atoms with Crippen LogP contribution in [-0.4, -0.2) is 20.9 Å². The van der Waals surface area contributed by atoms with Crippen LogP contribution in [0.4, 0.5) is 5.82 Å². The van der Waals surface area contributed by atoms with Crippen molar-refractivity contribution in [3.8, 4) is 0 Å². The summed E-state index contributed by atoms with van der Waals surface area (Å²) in [6.45, 7) is 4.28. The van der Waals surface area contributed by atoms with Crippen LogP contribution >= 0.6 is 0 Å². The van der Waals surface area contributed by atoms with E-state index in [2.05, 4.69) is 5.10 Å². The number of nitrogens with zero attached hydrogens (tertiary/aromatic N) is 2. The van der Waals surface area contributed by atoms with Gasteiger partial charge in [-0.2, -0.15) is 5.10 Å². The zero-order valence-electron chi connectivity index (χ0n) is 7.74. The third-order valence-electron chi connectivity index (χ3n) is 1.82. The third-order valence-corrected chi connectivity index (χ3v) is 1.82. The molecular weight excluding hydrogens is 170 g/mol. The highest BCUT2D eigenvalue weighted by Gasteiger charge is 2.17. The van der Waals surface area contributed by atoms with Crippen LogP contribution in [0.25, 0.3) is 0 Å². The first-order valence-electron chi connectivity index (χ1n) is 4.14. The molecule has 0 amide bonds. The van der Waals surface area contributed by atoms with Crippen LogP contribution in [0.1, 0.15) is 29.4 Å². The SMILES string of the molecule is CCCn1nc(C)c(C(=O)O)c1N. The van der Waals surface area contributed by atoms with Gasteiger partial charge in [0.05, 0.1) is 5.69 Å². The zero-order chi connectivity index (χ0) is 10.0. The summed E-state index contributed by atoms with van der Waals surface area (Å²) in [5.41, 5.74) is 6.20. The molecule has 0 spiro atoms. The van der Waals surface area contributed by atoms with Crippen LogP contribution in [0.15, 0.2) is 0 Å². The van der Waals surface area contributed by atoms with Gasteiger partial charge in [0.2, 0.25) is 0 Å². The van der Waals surface area contributed by atoms with Crippen LogP contribution in [0, 0.1) is 6.92 Å². The molecule has 0 bridgehead atoms. The summed E-state index contributed by atoms with van der Waals surface area (Å²) in [5.74, 6) is -0.774. The van der Waals surface area contributed by atoms with Crippen molar-refractivity contribution in [3.63, 3.8) is 0 Å². The standard InChI is InChI=1S/C8H13N3O2/c1-3-4-11-7(9)6(8(12)13)5(2)10-11/h3-4,9H2,1-2H3,(H,12,13). The van der Waals surface area contributed by atoms with Gasteiger partial charge < -0.3 is 10.8 Å². The summed E-state index contributed by atoms with van der Waals surface area (Å²) >= 11 is 0. The highest BCUT2D eigenvalue weighted by Crippen LogP contribution is 2.16. The van der Waals surface area contributed by atoms with Crippen LogP contribution in [0.3, 0.4) is 0 Å². The van der Waals surface area contributed by atoms with Gasteiger partial charge in [-0.3, -0.25) is 0 Å². The van der Waals surface area contributed by atoms with E-state index in [9.17, 15) is 4.79 Å². The molecule has 0 aromatic carbocycles. The molecule has 1 aromatic heterocycles. The van der Waals surface area contributed by atoms with Gasteiger partial charge in [0, 0.05) is 6.54 Å². The van der Waals surface area contributed by atoms with Crippen molar-refractivity contribution in [2.75, 3.05) is 5.73 Å². The largest absolute Gasteiger partial charge is 0.477 e. The molecule has 5 heteroatoms. The van der Waals surface area contributed by atoms with Gasteiger partial charge in [0.1, 0.15) is 11.4 Å². The number of hydrogen-bond donors (Lipinski definition) is 2. The maximum atomic E-state index is 10.7. The van der Waals surface area contributed by atoms with Gasteiger partial charge in [-0.1, -0.05) is 6.92 Å². The Hall–Kier alpha value is -1.52. The fraction of sp³-hybridized carbons (Fsp3) is 0.500. The van der Waals surface area contributed by atoms with Crippen molar-refractivity contribution in [1.29, 1.82) is 0 Å². The molecule has 72 valence electrons. The summed E-state index contributed by atoms with van der Waals surface area (Å²) < 4.78 is 1.53. The van der Waals surface area contributed by atoms with E-state index in [1.165, 1.54) is 4.68 Å². The number of carboxylic acids is 1. The number of carbonyl (C=O) groups is 1. The lowest BCUT2D eigenvalue weighted by Gasteiger charge is -2.00. The number of hydrogen-bond acceptors (Lipinski definition) is 3. The van der Waals surface area contributed by atoms with Gasteiger partial charge in [-0.25, -0.2) is 9.48 Å². The average Bonchev–Trinajstić information content (AvgIpc) is 2.28. The van der Waals surface area contributed by atoms with E-state index in [4.69, 9.17) is 10.8 Å². The number of anilines is 1. The molecule has 1 heterocycles. The molecule has 0 saturated heterocycles. The van der Waals surface area contributed by atoms with Gasteiger partial charge >= 0.3 is 5.97 Å². The van der Waals surface area contributed by atoms with Gasteiger partial charge in [-0.05, 0) is 13.3 Å². The van der Waals surface area contributed by atoms with Crippen molar-refractivity contribution >= 4 is 11.8 Å². The Morgan fingerprint density at radius 2 is 2.31 bits per heavy atom.